The van der Waals surface area contributed by atoms with Crippen molar-refractivity contribution in [3.63, 3.8) is 0 Å². The van der Waals surface area contributed by atoms with E-state index in [-0.39, 0.29) is 34.1 Å². The van der Waals surface area contributed by atoms with Gasteiger partial charge in [-0.25, -0.2) is 13.1 Å². The number of ether oxygens (including phenoxy) is 2. The van der Waals surface area contributed by atoms with Crippen molar-refractivity contribution in [2.75, 3.05) is 9.80 Å². The molecule has 10 heteroatoms. The molecule has 0 aromatic heterocycles. The molecule has 1 unspecified atom stereocenters. The van der Waals surface area contributed by atoms with Gasteiger partial charge in [-0.1, -0.05) is 127 Å². The molecule has 0 spiro atoms. The summed E-state index contributed by atoms with van der Waals surface area (Å²) in [5.41, 5.74) is 12.5. The molecule has 2 aliphatic heterocycles. The summed E-state index contributed by atoms with van der Waals surface area (Å²) in [6.45, 7) is 43.0. The summed E-state index contributed by atoms with van der Waals surface area (Å²) in [5, 5.41) is 0. The van der Waals surface area contributed by atoms with E-state index in [1.807, 2.05) is 85.4 Å². The Kier molecular flexibility index (Phi) is 23.0. The van der Waals surface area contributed by atoms with Crippen LogP contribution in [0.1, 0.15) is 167 Å². The summed E-state index contributed by atoms with van der Waals surface area (Å²) in [7, 11) is 23.3. The monoisotopic (exact) mass is 1220 g/mol. The smallest absolute Gasteiger partial charge is 0.0140 e. The van der Waals surface area contributed by atoms with Gasteiger partial charge < -0.3 is 9.80 Å². The molecule has 0 saturated carbocycles. The molecule has 5 aromatic carbocycles. The molecule has 2 heterocycles. The van der Waals surface area contributed by atoms with Gasteiger partial charge in [0.15, 0.2) is 0 Å². The van der Waals surface area contributed by atoms with Crippen LogP contribution in [-0.4, -0.2) is 32.5 Å². The number of hydrogen-bond donors (Lipinski definition) is 0. The molecule has 0 radical (unpaired) electrons. The van der Waals surface area contributed by atoms with Crippen LogP contribution in [0.15, 0.2) is 115 Å². The summed E-state index contributed by atoms with van der Waals surface area (Å²) in [5.74, 6) is 2.78. The van der Waals surface area contributed by atoms with Gasteiger partial charge in [0.2, 0.25) is 0 Å². The number of rotatable bonds is 11. The van der Waals surface area contributed by atoms with E-state index >= 15 is 0 Å². The minimum Gasteiger partial charge on any atom is -0.517 e. The van der Waals surface area contributed by atoms with Gasteiger partial charge in [-0.05, 0) is 82.1 Å². The Balaban J connectivity index is 0.000000211. The number of nitrogens with zero attached hydrogens (tertiary/aromatic N) is 2. The summed E-state index contributed by atoms with van der Waals surface area (Å²) >= 11 is -3.54. The molecular formula is C61H82Cl4N2O2Ru2-2. The first-order valence-electron chi connectivity index (χ1n) is 24.8. The standard InChI is InChI=1S/C23H30N.C18H28N.2C10H12O.4ClH.2Ru/c1-17(2)20-14-10-11-18(3)21(20)24-16-23(6,15-22(24,4)5)19-12-8-7-9-13-19;1-13(2)15-10-8-9-14(3)16(15)19-12-17(4,5)11-18(19,6)7;2*1-8(2)11-10-7-5-4-6-9(10)3;;;;;;/h7-14,16-17H,15H2,1-6H3;8-10,12-13H,11H2,1-7H3;2*3-8H,1-2H3;4*1H;;/q2*-1;;;;;;;2*+2/p-4. The number of halogens is 4. The summed E-state index contributed by atoms with van der Waals surface area (Å²) in [6, 6.07) is 39.9. The number of aryl methyl sites for hydroxylation is 2. The zero-order chi connectivity index (χ0) is 53.1. The van der Waals surface area contributed by atoms with Crippen molar-refractivity contribution in [3.05, 3.63) is 167 Å². The molecule has 4 nitrogen and oxygen atoms in total. The Morgan fingerprint density at radius 1 is 0.493 bits per heavy atom. The van der Waals surface area contributed by atoms with Gasteiger partial charge in [0.1, 0.15) is 0 Å². The van der Waals surface area contributed by atoms with E-state index < -0.39 is 27.0 Å². The van der Waals surface area contributed by atoms with Crippen LogP contribution < -0.4 is 19.3 Å². The van der Waals surface area contributed by atoms with Gasteiger partial charge in [0.25, 0.3) is 0 Å². The Hall–Kier alpha value is -2.55. The summed E-state index contributed by atoms with van der Waals surface area (Å²) in [6.07, 6.45) is 2.65. The second-order valence-corrected chi connectivity index (χ2v) is 33.6. The fourth-order valence-corrected chi connectivity index (χ4v) is 13.6. The van der Waals surface area contributed by atoms with Crippen LogP contribution in [0.25, 0.3) is 0 Å². The summed E-state index contributed by atoms with van der Waals surface area (Å²) in [4.78, 5) is 5.07. The molecule has 394 valence electrons. The molecule has 2 aliphatic rings. The van der Waals surface area contributed by atoms with Gasteiger partial charge in [0.05, 0.1) is 0 Å². The Morgan fingerprint density at radius 2 is 0.873 bits per heavy atom. The van der Waals surface area contributed by atoms with E-state index in [1.165, 1.54) is 45.6 Å². The Bertz CT molecular complexity index is 2480. The number of anilines is 2. The first-order chi connectivity index (χ1) is 33.1. The Morgan fingerprint density at radius 3 is 1.24 bits per heavy atom. The molecule has 0 amide bonds. The SMILES string of the molecule is CC(C)Oc1ccccc1[CH]=[Ru]([Cl])[Cl].CC(C)Oc1ccccc1[CH]=[Ru]([Cl])[Cl].Cc1cccc(C(C)C)c1N1[CH-]C(C)(C)CC1(C)C.Cc1cccc(C(C)C)c1N1[CH-]C(C)(c2ccccc2)CC1(C)C. The Labute approximate surface area is 457 Å². The molecule has 2 fully saturated rings. The fraction of sp³-hybridized carbons (Fsp3) is 0.443. The number of hydrogen-bond acceptors (Lipinski definition) is 4. The van der Waals surface area contributed by atoms with Crippen LogP contribution in [0.4, 0.5) is 11.4 Å². The maximum Gasteiger partial charge on any atom is 0.0140 e. The third-order valence-electron chi connectivity index (χ3n) is 12.5. The van der Waals surface area contributed by atoms with Crippen LogP contribution >= 0.6 is 38.8 Å². The predicted octanol–water partition coefficient (Wildman–Crippen LogP) is 18.6. The van der Waals surface area contributed by atoms with Gasteiger partial charge in [-0.3, -0.25) is 0 Å². The van der Waals surface area contributed by atoms with Crippen molar-refractivity contribution >= 4 is 59.4 Å². The molecule has 5 aromatic rings. The van der Waals surface area contributed by atoms with Crippen molar-refractivity contribution in [2.45, 2.75) is 171 Å². The minimum absolute atomic E-state index is 0.0707. The number of benzene rings is 5. The summed E-state index contributed by atoms with van der Waals surface area (Å²) < 4.78 is 15.0. The van der Waals surface area contributed by atoms with Crippen molar-refractivity contribution in [2.24, 2.45) is 5.41 Å². The average molecular weight is 1220 g/mol. The predicted molar refractivity (Wildman–Crippen MR) is 307 cm³/mol. The zero-order valence-corrected chi connectivity index (χ0v) is 51.9. The van der Waals surface area contributed by atoms with E-state index in [2.05, 4.69) is 180 Å². The van der Waals surface area contributed by atoms with E-state index in [1.54, 1.807) is 0 Å². The minimum atomic E-state index is -1.77. The van der Waals surface area contributed by atoms with Gasteiger partial charge in [0, 0.05) is 22.5 Å². The van der Waals surface area contributed by atoms with Gasteiger partial charge >= 0.3 is 196 Å². The largest absolute Gasteiger partial charge is 0.517 e. The van der Waals surface area contributed by atoms with Crippen LogP contribution in [-0.2, 0) is 32.5 Å². The third-order valence-corrected chi connectivity index (χ3v) is 16.2. The molecule has 0 bridgehead atoms. The first kappa shape index (κ1) is 61.0. The van der Waals surface area contributed by atoms with Gasteiger partial charge in [-0.15, -0.1) is 10.8 Å². The van der Waals surface area contributed by atoms with Crippen LogP contribution in [0.5, 0.6) is 11.5 Å². The second-order valence-electron chi connectivity index (χ2n) is 22.1. The van der Waals surface area contributed by atoms with E-state index in [9.17, 15) is 0 Å². The fourth-order valence-electron chi connectivity index (χ4n) is 9.96. The molecule has 0 aliphatic carbocycles. The van der Waals surface area contributed by atoms with Crippen molar-refractivity contribution in [1.29, 1.82) is 0 Å². The van der Waals surface area contributed by atoms with Crippen molar-refractivity contribution in [3.8, 4) is 11.5 Å². The van der Waals surface area contributed by atoms with Crippen LogP contribution in [0, 0.1) is 32.4 Å². The normalized spacial score (nSPS) is 17.9. The topological polar surface area (TPSA) is 24.9 Å². The zero-order valence-electron chi connectivity index (χ0n) is 45.4. The molecule has 1 atom stereocenters. The average Bonchev–Trinajstić information content (AvgIpc) is 3.66. The molecule has 2 saturated heterocycles. The molecule has 0 N–H and O–H groups in total. The van der Waals surface area contributed by atoms with Crippen molar-refractivity contribution in [1.82, 2.24) is 0 Å². The number of para-hydroxylation sites is 4. The van der Waals surface area contributed by atoms with Crippen molar-refractivity contribution < 1.29 is 36.5 Å². The van der Waals surface area contributed by atoms with Crippen LogP contribution in [0.2, 0.25) is 0 Å². The maximum absolute atomic E-state index is 5.82. The van der Waals surface area contributed by atoms with E-state index in [0.29, 0.717) is 11.8 Å². The maximum atomic E-state index is 5.82. The second kappa shape index (κ2) is 26.8. The molecule has 7 rings (SSSR count). The van der Waals surface area contributed by atoms with E-state index in [4.69, 9.17) is 48.2 Å². The third kappa shape index (κ3) is 17.8. The van der Waals surface area contributed by atoms with E-state index in [0.717, 1.165) is 29.0 Å². The quantitative estimate of drug-likeness (QED) is 0.0972. The molecular weight excluding hydrogens is 1140 g/mol. The molecule has 71 heavy (non-hydrogen) atoms. The van der Waals surface area contributed by atoms with Crippen LogP contribution in [0.3, 0.4) is 0 Å². The first-order valence-corrected chi connectivity index (χ1v) is 35.8. The van der Waals surface area contributed by atoms with Gasteiger partial charge in [-0.2, -0.15) is 0 Å².